The Bertz CT molecular complexity index is 1560. The number of aromatic hydroxyl groups is 1. The van der Waals surface area contributed by atoms with Crippen LogP contribution in [0.3, 0.4) is 0 Å². The van der Waals surface area contributed by atoms with Crippen molar-refractivity contribution in [3.8, 4) is 28.1 Å². The largest absolute Gasteiger partial charge is 0.508 e. The van der Waals surface area contributed by atoms with Crippen LogP contribution in [0.25, 0.3) is 39.1 Å². The maximum atomic E-state index is 10.2. The number of pyridine rings is 1. The van der Waals surface area contributed by atoms with Crippen molar-refractivity contribution in [3.05, 3.63) is 78.1 Å². The molecule has 0 unspecified atom stereocenters. The third-order valence-electron chi connectivity index (χ3n) is 6.66. The lowest BCUT2D eigenvalue weighted by atomic mass is 9.63. The van der Waals surface area contributed by atoms with E-state index in [1.165, 1.54) is 0 Å². The van der Waals surface area contributed by atoms with Crippen LogP contribution in [-0.4, -0.2) is 35.4 Å². The molecule has 0 saturated heterocycles. The molecule has 4 N–H and O–H groups in total. The van der Waals surface area contributed by atoms with Crippen molar-refractivity contribution >= 4 is 16.7 Å². The fourth-order valence-corrected chi connectivity index (χ4v) is 5.24. The first-order valence-corrected chi connectivity index (χ1v) is 11.3. The van der Waals surface area contributed by atoms with Crippen LogP contribution in [0.2, 0.25) is 0 Å². The number of fused-ring (bicyclic) bond motifs is 3. The van der Waals surface area contributed by atoms with Gasteiger partial charge in [-0.3, -0.25) is 0 Å². The van der Waals surface area contributed by atoms with Gasteiger partial charge in [0, 0.05) is 34.3 Å². The molecule has 7 heteroatoms. The number of phenols is 1. The van der Waals surface area contributed by atoms with Gasteiger partial charge in [0.15, 0.2) is 11.3 Å². The first kappa shape index (κ1) is 20.8. The Morgan fingerprint density at radius 2 is 1.76 bits per heavy atom. The topological polar surface area (TPSA) is 110 Å². The number of benzene rings is 2. The molecule has 6 rings (SSSR count). The molecule has 0 bridgehead atoms. The molecule has 170 valence electrons. The van der Waals surface area contributed by atoms with Crippen molar-refractivity contribution in [2.45, 2.75) is 37.8 Å². The summed E-state index contributed by atoms with van der Waals surface area (Å²) in [5.41, 5.74) is 12.1. The van der Waals surface area contributed by atoms with Crippen molar-refractivity contribution in [3.63, 3.8) is 0 Å². The average Bonchev–Trinajstić information content (AvgIpc) is 3.18. The molecule has 0 radical (unpaired) electrons. The summed E-state index contributed by atoms with van der Waals surface area (Å²) in [6, 6.07) is 19.2. The number of rotatable bonds is 3. The molecular formula is C27H25N5O2. The highest BCUT2D eigenvalue weighted by atomic mass is 16.3. The number of hydrogen-bond donors (Lipinski definition) is 3. The molecule has 7 nitrogen and oxygen atoms in total. The van der Waals surface area contributed by atoms with E-state index in [9.17, 15) is 10.2 Å². The van der Waals surface area contributed by atoms with Crippen molar-refractivity contribution < 1.29 is 10.2 Å². The highest BCUT2D eigenvalue weighted by molar-refractivity contribution is 5.91. The van der Waals surface area contributed by atoms with E-state index < -0.39 is 11.1 Å². The Kier molecular flexibility index (Phi) is 4.33. The number of aromatic nitrogens is 4. The zero-order chi connectivity index (χ0) is 23.7. The van der Waals surface area contributed by atoms with Gasteiger partial charge in [-0.05, 0) is 56.0 Å². The van der Waals surface area contributed by atoms with Crippen LogP contribution in [0.1, 0.15) is 31.0 Å². The molecule has 0 spiro atoms. The van der Waals surface area contributed by atoms with E-state index in [-0.39, 0.29) is 5.75 Å². The van der Waals surface area contributed by atoms with Crippen LogP contribution in [0, 0.1) is 6.92 Å². The van der Waals surface area contributed by atoms with Crippen LogP contribution < -0.4 is 5.73 Å². The number of aryl methyl sites for hydroxylation is 1. The summed E-state index contributed by atoms with van der Waals surface area (Å²) in [4.78, 5) is 9.58. The van der Waals surface area contributed by atoms with Gasteiger partial charge in [0.2, 0.25) is 0 Å². The summed E-state index contributed by atoms with van der Waals surface area (Å²) < 4.78 is 1.76. The molecule has 1 saturated carbocycles. The van der Waals surface area contributed by atoms with Crippen molar-refractivity contribution in [2.24, 2.45) is 5.73 Å². The van der Waals surface area contributed by atoms with Crippen LogP contribution >= 0.6 is 0 Å². The van der Waals surface area contributed by atoms with Crippen LogP contribution in [0.15, 0.2) is 66.9 Å². The van der Waals surface area contributed by atoms with Crippen molar-refractivity contribution in [1.82, 2.24) is 19.6 Å². The predicted octanol–water partition coefficient (Wildman–Crippen LogP) is 4.32. The second kappa shape index (κ2) is 7.09. The fourth-order valence-electron chi connectivity index (χ4n) is 5.24. The minimum atomic E-state index is -0.711. The van der Waals surface area contributed by atoms with Crippen molar-refractivity contribution in [2.75, 3.05) is 0 Å². The highest BCUT2D eigenvalue weighted by Gasteiger charge is 2.49. The van der Waals surface area contributed by atoms with Gasteiger partial charge in [0.25, 0.3) is 0 Å². The lowest BCUT2D eigenvalue weighted by Crippen LogP contribution is -2.58. The molecule has 3 aromatic heterocycles. The van der Waals surface area contributed by atoms with E-state index in [1.807, 2.05) is 62.4 Å². The summed E-state index contributed by atoms with van der Waals surface area (Å²) >= 11 is 0. The van der Waals surface area contributed by atoms with Gasteiger partial charge in [-0.2, -0.15) is 9.61 Å². The van der Waals surface area contributed by atoms with Gasteiger partial charge in [0.1, 0.15) is 5.75 Å². The first-order valence-electron chi connectivity index (χ1n) is 11.3. The SMILES string of the molecule is Cc1cc2ncc3cc(-c4cccc(O)c4)c(-c4ccc(C5(N)CC(C)(O)C5)cc4)nc3n2n1. The average molecular weight is 452 g/mol. The first-order chi connectivity index (χ1) is 16.2. The number of nitrogens with zero attached hydrogens (tertiary/aromatic N) is 4. The van der Waals surface area contributed by atoms with E-state index in [4.69, 9.17) is 10.7 Å². The smallest absolute Gasteiger partial charge is 0.165 e. The van der Waals surface area contributed by atoms with Gasteiger partial charge < -0.3 is 15.9 Å². The Morgan fingerprint density at radius 3 is 2.47 bits per heavy atom. The summed E-state index contributed by atoms with van der Waals surface area (Å²) in [5, 5.41) is 25.7. The number of nitrogens with two attached hydrogens (primary N) is 1. The summed E-state index contributed by atoms with van der Waals surface area (Å²) in [5.74, 6) is 0.192. The quantitative estimate of drug-likeness (QED) is 0.377. The Morgan fingerprint density at radius 1 is 1.00 bits per heavy atom. The number of hydrogen-bond acceptors (Lipinski definition) is 6. The fraction of sp³-hybridized carbons (Fsp3) is 0.222. The van der Waals surface area contributed by atoms with Gasteiger partial charge in [-0.15, -0.1) is 0 Å². The van der Waals surface area contributed by atoms with Crippen LogP contribution in [-0.2, 0) is 5.54 Å². The molecule has 0 atom stereocenters. The zero-order valence-corrected chi connectivity index (χ0v) is 19.0. The monoisotopic (exact) mass is 451 g/mol. The normalized spacial score (nSPS) is 22.2. The van der Waals surface area contributed by atoms with E-state index >= 15 is 0 Å². The molecule has 0 aliphatic heterocycles. The minimum absolute atomic E-state index is 0.192. The summed E-state index contributed by atoms with van der Waals surface area (Å²) in [7, 11) is 0. The zero-order valence-electron chi connectivity index (χ0n) is 19.0. The molecule has 5 aromatic rings. The van der Waals surface area contributed by atoms with E-state index in [2.05, 4.69) is 10.1 Å². The van der Waals surface area contributed by atoms with Gasteiger partial charge in [-0.1, -0.05) is 36.4 Å². The molecular weight excluding hydrogens is 426 g/mol. The second-order valence-electron chi connectivity index (χ2n) is 9.75. The highest BCUT2D eigenvalue weighted by Crippen LogP contribution is 2.46. The predicted molar refractivity (Wildman–Crippen MR) is 131 cm³/mol. The lowest BCUT2D eigenvalue weighted by Gasteiger charge is -2.49. The lowest BCUT2D eigenvalue weighted by molar-refractivity contribution is -0.0738. The van der Waals surface area contributed by atoms with E-state index in [1.54, 1.807) is 22.8 Å². The maximum Gasteiger partial charge on any atom is 0.165 e. The molecule has 3 heterocycles. The Hall–Kier alpha value is -3.81. The Labute approximate surface area is 196 Å². The van der Waals surface area contributed by atoms with E-state index in [0.29, 0.717) is 18.5 Å². The Balaban J connectivity index is 1.54. The maximum absolute atomic E-state index is 10.2. The molecule has 0 amide bonds. The number of aliphatic hydroxyl groups is 1. The van der Waals surface area contributed by atoms with Gasteiger partial charge >= 0.3 is 0 Å². The van der Waals surface area contributed by atoms with Crippen molar-refractivity contribution in [1.29, 1.82) is 0 Å². The molecule has 34 heavy (non-hydrogen) atoms. The standard InChI is InChI=1S/C27H25N5O2/c1-16-10-23-29-13-19-12-22(18-4-3-5-21(33)11-18)24(30-25(19)32(23)31-16)17-6-8-20(9-7-17)27(28)14-26(2,34)15-27/h3-13,33-34H,14-15,28H2,1-2H3. The van der Waals surface area contributed by atoms with Crippen LogP contribution in [0.5, 0.6) is 5.75 Å². The summed E-state index contributed by atoms with van der Waals surface area (Å²) in [6.07, 6.45) is 2.87. The third kappa shape index (κ3) is 3.32. The second-order valence-corrected chi connectivity index (χ2v) is 9.75. The summed E-state index contributed by atoms with van der Waals surface area (Å²) in [6.45, 7) is 3.75. The molecule has 1 fully saturated rings. The number of phenolic OH excluding ortho intramolecular Hbond substituents is 1. The third-order valence-corrected chi connectivity index (χ3v) is 6.66. The van der Waals surface area contributed by atoms with E-state index in [0.717, 1.165) is 44.7 Å². The molecule has 1 aliphatic rings. The minimum Gasteiger partial charge on any atom is -0.508 e. The van der Waals surface area contributed by atoms with Gasteiger partial charge in [-0.25, -0.2) is 9.97 Å². The molecule has 2 aromatic carbocycles. The molecule has 1 aliphatic carbocycles. The van der Waals surface area contributed by atoms with Crippen LogP contribution in [0.4, 0.5) is 0 Å². The van der Waals surface area contributed by atoms with Gasteiger partial charge in [0.05, 0.1) is 17.0 Å².